The van der Waals surface area contributed by atoms with Crippen molar-refractivity contribution < 1.29 is 4.79 Å². The van der Waals surface area contributed by atoms with Crippen LogP contribution in [0.1, 0.15) is 47.7 Å². The molecule has 1 aliphatic rings. The van der Waals surface area contributed by atoms with Crippen molar-refractivity contribution in [1.29, 1.82) is 10.5 Å². The van der Waals surface area contributed by atoms with Crippen molar-refractivity contribution in [2.24, 2.45) is 0 Å². The van der Waals surface area contributed by atoms with Crippen LogP contribution < -0.4 is 5.32 Å². The predicted molar refractivity (Wildman–Crippen MR) is 83.4 cm³/mol. The quantitative estimate of drug-likeness (QED) is 0.909. The number of nitriles is 2. The third kappa shape index (κ3) is 3.07. The number of amides is 1. The molecule has 1 amide bonds. The second-order valence-electron chi connectivity index (χ2n) is 5.57. The van der Waals surface area contributed by atoms with Gasteiger partial charge in [-0.3, -0.25) is 10.1 Å². The number of nitrogens with one attached hydrogen (secondary N) is 2. The zero-order valence-corrected chi connectivity index (χ0v) is 12.5. The molecule has 2 N–H and O–H groups in total. The molecule has 0 radical (unpaired) electrons. The van der Waals surface area contributed by atoms with Gasteiger partial charge < -0.3 is 4.98 Å². The molecular formula is C17H15N5O. The number of benzene rings is 1. The first kappa shape index (κ1) is 14.8. The molecule has 3 rings (SSSR count). The molecule has 114 valence electrons. The van der Waals surface area contributed by atoms with Gasteiger partial charge in [0.1, 0.15) is 12.1 Å². The highest BCUT2D eigenvalue weighted by molar-refractivity contribution is 5.89. The van der Waals surface area contributed by atoms with Crippen molar-refractivity contribution in [1.82, 2.24) is 9.97 Å². The Morgan fingerprint density at radius 3 is 2.91 bits per heavy atom. The van der Waals surface area contributed by atoms with Crippen molar-refractivity contribution in [2.45, 2.75) is 31.6 Å². The van der Waals surface area contributed by atoms with Crippen LogP contribution in [0.5, 0.6) is 0 Å². The summed E-state index contributed by atoms with van der Waals surface area (Å²) in [6.45, 7) is 0. The molecular weight excluding hydrogens is 290 g/mol. The van der Waals surface area contributed by atoms with E-state index < -0.39 is 0 Å². The third-order valence-corrected chi connectivity index (χ3v) is 4.10. The van der Waals surface area contributed by atoms with Crippen LogP contribution in [0.2, 0.25) is 0 Å². The number of hydrogen-bond donors (Lipinski definition) is 2. The van der Waals surface area contributed by atoms with E-state index in [9.17, 15) is 4.79 Å². The van der Waals surface area contributed by atoms with Gasteiger partial charge in [0.2, 0.25) is 11.9 Å². The van der Waals surface area contributed by atoms with E-state index in [0.717, 1.165) is 19.3 Å². The van der Waals surface area contributed by atoms with Gasteiger partial charge in [0.15, 0.2) is 11.4 Å². The standard InChI is InChI=1S/C17H15N5O/c18-9-14-15(10-19)21-17(20-14)22-16(23)8-12-6-3-5-11-4-1-2-7-13(11)12/h1-2,4,7,12H,3,5-6,8H2,(H2,20,21,22,23)/t12-/m1/s1. The van der Waals surface area contributed by atoms with Crippen LogP contribution >= 0.6 is 0 Å². The SMILES string of the molecule is N#Cc1nc(NC(=O)C[C@H]2CCCc3ccccc32)[nH]c1C#N. The lowest BCUT2D eigenvalue weighted by molar-refractivity contribution is -0.116. The average molecular weight is 305 g/mol. The largest absolute Gasteiger partial charge is 0.314 e. The Hall–Kier alpha value is -3.12. The summed E-state index contributed by atoms with van der Waals surface area (Å²) in [5, 5.41) is 20.4. The smallest absolute Gasteiger partial charge is 0.227 e. The summed E-state index contributed by atoms with van der Waals surface area (Å²) in [5.41, 5.74) is 2.61. The lowest BCUT2D eigenvalue weighted by Crippen LogP contribution is -2.19. The van der Waals surface area contributed by atoms with Crippen molar-refractivity contribution in [3.05, 3.63) is 46.8 Å². The average Bonchev–Trinajstić information content (AvgIpc) is 2.97. The number of imidazole rings is 1. The van der Waals surface area contributed by atoms with Crippen LogP contribution in [0.15, 0.2) is 24.3 Å². The van der Waals surface area contributed by atoms with Crippen LogP contribution in [-0.2, 0) is 11.2 Å². The number of rotatable bonds is 3. The molecule has 0 spiro atoms. The molecule has 1 aliphatic carbocycles. The second kappa shape index (κ2) is 6.33. The fourth-order valence-corrected chi connectivity index (χ4v) is 3.07. The predicted octanol–water partition coefficient (Wildman–Crippen LogP) is 2.60. The first-order valence-electron chi connectivity index (χ1n) is 7.49. The number of carbonyl (C=O) groups is 1. The molecule has 1 aromatic carbocycles. The number of anilines is 1. The number of carbonyl (C=O) groups excluding carboxylic acids is 1. The molecule has 1 heterocycles. The summed E-state index contributed by atoms with van der Waals surface area (Å²) < 4.78 is 0. The van der Waals surface area contributed by atoms with Gasteiger partial charge in [0.25, 0.3) is 0 Å². The molecule has 2 aromatic rings. The van der Waals surface area contributed by atoms with Crippen molar-refractivity contribution in [3.8, 4) is 12.1 Å². The number of aromatic amines is 1. The summed E-state index contributed by atoms with van der Waals surface area (Å²) in [7, 11) is 0. The van der Waals surface area contributed by atoms with Crippen LogP contribution in [0, 0.1) is 22.7 Å². The number of H-pyrrole nitrogens is 1. The number of fused-ring (bicyclic) bond motifs is 1. The highest BCUT2D eigenvalue weighted by Gasteiger charge is 2.23. The van der Waals surface area contributed by atoms with Crippen molar-refractivity contribution in [2.75, 3.05) is 5.32 Å². The first-order chi connectivity index (χ1) is 11.2. The number of hydrogen-bond acceptors (Lipinski definition) is 4. The normalized spacial score (nSPS) is 16.0. The minimum Gasteiger partial charge on any atom is -0.314 e. The Morgan fingerprint density at radius 1 is 1.35 bits per heavy atom. The Balaban J connectivity index is 1.70. The molecule has 6 nitrogen and oxygen atoms in total. The van der Waals surface area contributed by atoms with Crippen LogP contribution in [0.25, 0.3) is 0 Å². The molecule has 1 atom stereocenters. The monoisotopic (exact) mass is 305 g/mol. The molecule has 23 heavy (non-hydrogen) atoms. The Kier molecular flexibility index (Phi) is 4.07. The zero-order chi connectivity index (χ0) is 16.2. The summed E-state index contributed by atoms with van der Waals surface area (Å²) >= 11 is 0. The van der Waals surface area contributed by atoms with Crippen molar-refractivity contribution in [3.63, 3.8) is 0 Å². The maximum absolute atomic E-state index is 12.3. The Labute approximate surface area is 133 Å². The van der Waals surface area contributed by atoms with E-state index in [1.807, 2.05) is 24.3 Å². The summed E-state index contributed by atoms with van der Waals surface area (Å²) in [4.78, 5) is 18.8. The van der Waals surface area contributed by atoms with Gasteiger partial charge in [0.05, 0.1) is 0 Å². The minimum atomic E-state index is -0.172. The van der Waals surface area contributed by atoms with E-state index in [-0.39, 0.29) is 29.2 Å². The van der Waals surface area contributed by atoms with E-state index in [4.69, 9.17) is 10.5 Å². The summed E-state index contributed by atoms with van der Waals surface area (Å²) in [6.07, 6.45) is 3.48. The van der Waals surface area contributed by atoms with E-state index in [1.165, 1.54) is 11.1 Å². The second-order valence-corrected chi connectivity index (χ2v) is 5.57. The van der Waals surface area contributed by atoms with E-state index >= 15 is 0 Å². The third-order valence-electron chi connectivity index (χ3n) is 4.10. The highest BCUT2D eigenvalue weighted by Crippen LogP contribution is 2.33. The van der Waals surface area contributed by atoms with Crippen LogP contribution in [0.3, 0.4) is 0 Å². The van der Waals surface area contributed by atoms with Gasteiger partial charge in [-0.25, -0.2) is 4.98 Å². The fraction of sp³-hybridized carbons (Fsp3) is 0.294. The van der Waals surface area contributed by atoms with Gasteiger partial charge in [-0.15, -0.1) is 0 Å². The zero-order valence-electron chi connectivity index (χ0n) is 12.5. The Morgan fingerprint density at radius 2 is 2.17 bits per heavy atom. The van der Waals surface area contributed by atoms with Gasteiger partial charge in [-0.2, -0.15) is 10.5 Å². The van der Waals surface area contributed by atoms with Crippen LogP contribution in [-0.4, -0.2) is 15.9 Å². The highest BCUT2D eigenvalue weighted by atomic mass is 16.1. The lowest BCUT2D eigenvalue weighted by Gasteiger charge is -2.24. The molecule has 0 fully saturated rings. The van der Waals surface area contributed by atoms with E-state index in [2.05, 4.69) is 27.4 Å². The van der Waals surface area contributed by atoms with E-state index in [0.29, 0.717) is 6.42 Å². The number of aryl methyl sites for hydroxylation is 1. The van der Waals surface area contributed by atoms with E-state index in [1.54, 1.807) is 0 Å². The molecule has 6 heteroatoms. The van der Waals surface area contributed by atoms with Crippen molar-refractivity contribution >= 4 is 11.9 Å². The molecule has 0 saturated carbocycles. The topological polar surface area (TPSA) is 105 Å². The maximum Gasteiger partial charge on any atom is 0.227 e. The van der Waals surface area contributed by atoms with Gasteiger partial charge >= 0.3 is 0 Å². The lowest BCUT2D eigenvalue weighted by atomic mass is 9.81. The maximum atomic E-state index is 12.3. The van der Waals surface area contributed by atoms with Gasteiger partial charge in [-0.1, -0.05) is 24.3 Å². The number of nitrogens with zero attached hydrogens (tertiary/aromatic N) is 3. The molecule has 0 saturated heterocycles. The molecule has 0 aliphatic heterocycles. The summed E-state index contributed by atoms with van der Waals surface area (Å²) in [5.74, 6) is 0.169. The van der Waals surface area contributed by atoms with Gasteiger partial charge in [0, 0.05) is 6.42 Å². The first-order valence-corrected chi connectivity index (χ1v) is 7.49. The van der Waals surface area contributed by atoms with Gasteiger partial charge in [-0.05, 0) is 36.3 Å². The number of aromatic nitrogens is 2. The van der Waals surface area contributed by atoms with Crippen LogP contribution in [0.4, 0.5) is 5.95 Å². The Bertz CT molecular complexity index is 793. The molecule has 0 bridgehead atoms. The minimum absolute atomic E-state index is 0.00851. The summed E-state index contributed by atoms with van der Waals surface area (Å²) in [6, 6.07) is 11.9. The molecule has 0 unspecified atom stereocenters. The fourth-order valence-electron chi connectivity index (χ4n) is 3.07. The molecule has 1 aromatic heterocycles.